The molecule has 28 heavy (non-hydrogen) atoms. The zero-order valence-corrected chi connectivity index (χ0v) is 16.6. The van der Waals surface area contributed by atoms with Crippen LogP contribution in [-0.4, -0.2) is 50.6 Å². The van der Waals surface area contributed by atoms with Crippen molar-refractivity contribution in [2.45, 2.75) is 25.8 Å². The van der Waals surface area contributed by atoms with Crippen LogP contribution < -0.4 is 5.32 Å². The highest BCUT2D eigenvalue weighted by Gasteiger charge is 2.56. The Kier molecular flexibility index (Phi) is 3.67. The summed E-state index contributed by atoms with van der Waals surface area (Å²) in [5.41, 5.74) is 2.93. The van der Waals surface area contributed by atoms with Crippen LogP contribution in [0, 0.1) is 36.5 Å². The van der Waals surface area contributed by atoms with E-state index in [2.05, 4.69) is 43.7 Å². The van der Waals surface area contributed by atoms with Gasteiger partial charge in [0.2, 0.25) is 0 Å². The zero-order valence-electron chi connectivity index (χ0n) is 16.6. The highest BCUT2D eigenvalue weighted by Crippen LogP contribution is 2.49. The van der Waals surface area contributed by atoms with E-state index in [0.29, 0.717) is 6.04 Å². The van der Waals surface area contributed by atoms with Gasteiger partial charge in [0.25, 0.3) is 0 Å². The maximum atomic E-state index is 4.42. The summed E-state index contributed by atoms with van der Waals surface area (Å²) in [6.07, 6.45) is 9.77. The lowest BCUT2D eigenvalue weighted by atomic mass is 9.93. The molecule has 6 rings (SSSR count). The number of hydrogen-bond acceptors (Lipinski definition) is 5. The molecule has 1 N–H and O–H groups in total. The summed E-state index contributed by atoms with van der Waals surface area (Å²) in [4.78, 5) is 2.71. The molecule has 2 aromatic heterocycles. The van der Waals surface area contributed by atoms with Gasteiger partial charge in [0, 0.05) is 44.5 Å². The first-order chi connectivity index (χ1) is 13.6. The Bertz CT molecular complexity index is 904. The van der Waals surface area contributed by atoms with Crippen molar-refractivity contribution in [2.75, 3.05) is 25.0 Å². The highest BCUT2D eigenvalue weighted by molar-refractivity contribution is 5.61. The van der Waals surface area contributed by atoms with E-state index >= 15 is 0 Å². The van der Waals surface area contributed by atoms with Crippen LogP contribution in [0.4, 0.5) is 5.82 Å². The number of anilines is 1. The number of likely N-dealkylation sites (tertiary alicyclic amines) is 1. The topological polar surface area (TPSA) is 58.9 Å². The monoisotopic (exact) mass is 376 g/mol. The first-order valence-corrected chi connectivity index (χ1v) is 10.7. The van der Waals surface area contributed by atoms with E-state index in [1.165, 1.54) is 32.5 Å². The van der Waals surface area contributed by atoms with Gasteiger partial charge in [-0.3, -0.25) is 4.68 Å². The lowest BCUT2D eigenvalue weighted by molar-refractivity contribution is 0.232. The number of hydrogen-bond donors (Lipinski definition) is 1. The average Bonchev–Trinajstić information content (AvgIpc) is 3.22. The normalized spacial score (nSPS) is 35.5. The Morgan fingerprint density at radius 3 is 2.57 bits per heavy atom. The molecule has 3 aliphatic carbocycles. The van der Waals surface area contributed by atoms with E-state index in [-0.39, 0.29) is 0 Å². The summed E-state index contributed by atoms with van der Waals surface area (Å²) in [5, 5.41) is 16.9. The third kappa shape index (κ3) is 2.77. The minimum absolute atomic E-state index is 0.580. The molecule has 1 aliphatic heterocycles. The van der Waals surface area contributed by atoms with Crippen molar-refractivity contribution in [1.82, 2.24) is 24.9 Å². The fourth-order valence-electron chi connectivity index (χ4n) is 5.99. The number of aromatic nitrogens is 4. The Balaban J connectivity index is 1.03. The van der Waals surface area contributed by atoms with Crippen LogP contribution in [0.1, 0.15) is 18.5 Å². The van der Waals surface area contributed by atoms with Crippen LogP contribution in [0.3, 0.4) is 0 Å². The maximum Gasteiger partial charge on any atom is 0.148 e. The maximum absolute atomic E-state index is 4.42. The molecule has 5 atom stereocenters. The number of aryl methyl sites for hydroxylation is 2. The number of nitrogens with zero attached hydrogens (tertiary/aromatic N) is 5. The fourth-order valence-corrected chi connectivity index (χ4v) is 5.99. The van der Waals surface area contributed by atoms with Crippen molar-refractivity contribution >= 4 is 5.82 Å². The molecule has 0 spiro atoms. The molecule has 4 aliphatic rings. The van der Waals surface area contributed by atoms with Gasteiger partial charge < -0.3 is 10.2 Å². The first-order valence-electron chi connectivity index (χ1n) is 10.7. The molecular weight excluding hydrogens is 348 g/mol. The second-order valence-electron chi connectivity index (χ2n) is 9.36. The summed E-state index contributed by atoms with van der Waals surface area (Å²) in [6, 6.07) is 4.69. The minimum atomic E-state index is 0.580. The Labute approximate surface area is 166 Å². The van der Waals surface area contributed by atoms with Gasteiger partial charge >= 0.3 is 0 Å². The average molecular weight is 377 g/mol. The van der Waals surface area contributed by atoms with Crippen molar-refractivity contribution < 1.29 is 0 Å². The highest BCUT2D eigenvalue weighted by atomic mass is 15.3. The van der Waals surface area contributed by atoms with Gasteiger partial charge in [0.1, 0.15) is 5.82 Å². The summed E-state index contributed by atoms with van der Waals surface area (Å²) in [7, 11) is 1.93. The first kappa shape index (κ1) is 16.7. The molecular formula is C22H28N6. The van der Waals surface area contributed by atoms with Crippen LogP contribution in [0.25, 0.3) is 11.3 Å². The number of nitrogens with one attached hydrogen (secondary N) is 1. The van der Waals surface area contributed by atoms with Crippen molar-refractivity contribution in [1.29, 1.82) is 0 Å². The molecule has 2 bridgehead atoms. The molecule has 5 unspecified atom stereocenters. The third-order valence-corrected chi connectivity index (χ3v) is 7.45. The summed E-state index contributed by atoms with van der Waals surface area (Å²) in [6.45, 7) is 5.82. The second-order valence-corrected chi connectivity index (χ2v) is 9.36. The molecule has 3 fully saturated rings. The quantitative estimate of drug-likeness (QED) is 0.813. The molecule has 2 aromatic rings. The van der Waals surface area contributed by atoms with Crippen LogP contribution in [0.15, 0.2) is 30.5 Å². The van der Waals surface area contributed by atoms with E-state index in [1.807, 2.05) is 30.9 Å². The lowest BCUT2D eigenvalue weighted by Crippen LogP contribution is -2.33. The van der Waals surface area contributed by atoms with Crippen LogP contribution >= 0.6 is 0 Å². The summed E-state index contributed by atoms with van der Waals surface area (Å²) < 4.78 is 1.82. The van der Waals surface area contributed by atoms with E-state index < -0.39 is 0 Å². The van der Waals surface area contributed by atoms with E-state index in [0.717, 1.165) is 52.4 Å². The van der Waals surface area contributed by atoms with Crippen molar-refractivity contribution in [2.24, 2.45) is 36.6 Å². The Morgan fingerprint density at radius 1 is 1.11 bits per heavy atom. The predicted octanol–water partition coefficient (Wildman–Crippen LogP) is 2.74. The third-order valence-electron chi connectivity index (χ3n) is 7.45. The van der Waals surface area contributed by atoms with Gasteiger partial charge in [-0.15, -0.1) is 10.2 Å². The molecule has 6 heteroatoms. The van der Waals surface area contributed by atoms with E-state index in [4.69, 9.17) is 0 Å². The second kappa shape index (κ2) is 6.14. The van der Waals surface area contributed by atoms with Gasteiger partial charge in [-0.05, 0) is 61.5 Å². The van der Waals surface area contributed by atoms with Gasteiger partial charge in [-0.25, -0.2) is 0 Å². The van der Waals surface area contributed by atoms with Gasteiger partial charge in [0.05, 0.1) is 11.4 Å². The van der Waals surface area contributed by atoms with Crippen molar-refractivity contribution in [3.8, 4) is 11.3 Å². The Hall–Kier alpha value is -2.21. The Morgan fingerprint density at radius 2 is 1.96 bits per heavy atom. The van der Waals surface area contributed by atoms with Crippen LogP contribution in [0.5, 0.6) is 0 Å². The van der Waals surface area contributed by atoms with Gasteiger partial charge in [-0.1, -0.05) is 12.2 Å². The number of allylic oxidation sites excluding steroid dienone is 2. The fraction of sp³-hybridized carbons (Fsp3) is 0.591. The molecule has 3 heterocycles. The largest absolute Gasteiger partial charge is 0.365 e. The van der Waals surface area contributed by atoms with E-state index in [1.54, 1.807) is 0 Å². The zero-order chi connectivity index (χ0) is 18.8. The molecule has 0 amide bonds. The molecule has 1 saturated heterocycles. The molecule has 2 saturated carbocycles. The predicted molar refractivity (Wildman–Crippen MR) is 109 cm³/mol. The number of rotatable bonds is 5. The minimum Gasteiger partial charge on any atom is -0.365 e. The summed E-state index contributed by atoms with van der Waals surface area (Å²) in [5.74, 6) is 5.14. The van der Waals surface area contributed by atoms with Crippen molar-refractivity contribution in [3.05, 3.63) is 36.2 Å². The number of fused-ring (bicyclic) bond motifs is 3. The summed E-state index contributed by atoms with van der Waals surface area (Å²) >= 11 is 0. The van der Waals surface area contributed by atoms with Gasteiger partial charge in [-0.2, -0.15) is 5.10 Å². The standard InChI is InChI=1S/C22H28N6/c1-13-17(10-27(2)26-13)20-5-6-21(25-24-20)23-22-18-11-28(12-19(18)22)9-16-8-14-3-4-15(16)7-14/h3-6,10,14-16,18-19,22H,7-9,11-12H2,1-2H3,(H,23,25). The molecule has 146 valence electrons. The van der Waals surface area contributed by atoms with Gasteiger partial charge in [0.15, 0.2) is 0 Å². The molecule has 0 radical (unpaired) electrons. The van der Waals surface area contributed by atoms with Crippen LogP contribution in [-0.2, 0) is 7.05 Å². The van der Waals surface area contributed by atoms with Crippen molar-refractivity contribution in [3.63, 3.8) is 0 Å². The SMILES string of the molecule is Cc1nn(C)cc1-c1ccc(NC2C3CN(CC4CC5C=CC4C5)CC32)nn1. The van der Waals surface area contributed by atoms with E-state index in [9.17, 15) is 0 Å². The smallest absolute Gasteiger partial charge is 0.148 e. The lowest BCUT2D eigenvalue weighted by Gasteiger charge is -2.26. The molecule has 0 aromatic carbocycles. The number of piperidine rings is 1. The van der Waals surface area contributed by atoms with Crippen LogP contribution in [0.2, 0.25) is 0 Å². The molecule has 6 nitrogen and oxygen atoms in total.